The lowest BCUT2D eigenvalue weighted by Gasteiger charge is -2.15. The van der Waals surface area contributed by atoms with Crippen LogP contribution in [0.5, 0.6) is 5.75 Å². The van der Waals surface area contributed by atoms with Crippen LogP contribution in [0.15, 0.2) is 42.5 Å². The molecule has 0 spiro atoms. The molecule has 1 unspecified atom stereocenters. The summed E-state index contributed by atoms with van der Waals surface area (Å²) in [6.45, 7) is 1.72. The lowest BCUT2D eigenvalue weighted by atomic mass is 10.1. The van der Waals surface area contributed by atoms with Crippen molar-refractivity contribution >= 4 is 11.9 Å². The number of carbonyl (C=O) groups excluding carboxylic acids is 2. The standard InChI is InChI=1S/C18H17F2NO4/c1-11(25-14-7-8-15(19)16(20)9-14)17(22)21-10-12-3-5-13(6-4-12)18(23)24-2/h3-9,11H,10H2,1-2H3,(H,21,22). The second kappa shape index (κ2) is 8.23. The first-order valence-electron chi connectivity index (χ1n) is 7.47. The molecule has 0 heterocycles. The van der Waals surface area contributed by atoms with Crippen molar-refractivity contribution in [3.8, 4) is 5.75 Å². The van der Waals surface area contributed by atoms with Crippen LogP contribution >= 0.6 is 0 Å². The molecule has 0 radical (unpaired) electrons. The monoisotopic (exact) mass is 349 g/mol. The zero-order valence-electron chi connectivity index (χ0n) is 13.7. The lowest BCUT2D eigenvalue weighted by Crippen LogP contribution is -2.35. The van der Waals surface area contributed by atoms with Gasteiger partial charge in [0.05, 0.1) is 12.7 Å². The average Bonchev–Trinajstić information content (AvgIpc) is 2.62. The predicted octanol–water partition coefficient (Wildman–Crippen LogP) is 2.84. The van der Waals surface area contributed by atoms with Gasteiger partial charge in [-0.15, -0.1) is 0 Å². The van der Waals surface area contributed by atoms with Crippen molar-refractivity contribution in [1.82, 2.24) is 5.32 Å². The van der Waals surface area contributed by atoms with Gasteiger partial charge in [-0.25, -0.2) is 13.6 Å². The maximum atomic E-state index is 13.1. The summed E-state index contributed by atoms with van der Waals surface area (Å²) < 4.78 is 35.9. The molecule has 1 atom stereocenters. The number of rotatable bonds is 6. The summed E-state index contributed by atoms with van der Waals surface area (Å²) in [5.74, 6) is -2.83. The largest absolute Gasteiger partial charge is 0.481 e. The Bertz CT molecular complexity index is 762. The summed E-state index contributed by atoms with van der Waals surface area (Å²) in [7, 11) is 1.30. The number of carbonyl (C=O) groups is 2. The van der Waals surface area contributed by atoms with Gasteiger partial charge in [-0.05, 0) is 36.8 Å². The van der Waals surface area contributed by atoms with Crippen molar-refractivity contribution in [3.05, 3.63) is 65.2 Å². The SMILES string of the molecule is COC(=O)c1ccc(CNC(=O)C(C)Oc2ccc(F)c(F)c2)cc1. The minimum Gasteiger partial charge on any atom is -0.481 e. The van der Waals surface area contributed by atoms with Crippen LogP contribution < -0.4 is 10.1 Å². The van der Waals surface area contributed by atoms with Crippen molar-refractivity contribution in [2.45, 2.75) is 19.6 Å². The number of benzene rings is 2. The normalized spacial score (nSPS) is 11.5. The van der Waals surface area contributed by atoms with Crippen LogP contribution in [0.2, 0.25) is 0 Å². The fraction of sp³-hybridized carbons (Fsp3) is 0.222. The van der Waals surface area contributed by atoms with Crippen LogP contribution in [0.25, 0.3) is 0 Å². The highest BCUT2D eigenvalue weighted by molar-refractivity contribution is 5.89. The molecule has 0 fully saturated rings. The van der Waals surface area contributed by atoms with E-state index >= 15 is 0 Å². The summed E-state index contributed by atoms with van der Waals surface area (Å²) >= 11 is 0. The minimum absolute atomic E-state index is 0.0592. The number of hydrogen-bond donors (Lipinski definition) is 1. The predicted molar refractivity (Wildman–Crippen MR) is 86.1 cm³/mol. The van der Waals surface area contributed by atoms with Crippen molar-refractivity contribution in [3.63, 3.8) is 0 Å². The minimum atomic E-state index is -1.05. The van der Waals surface area contributed by atoms with Crippen molar-refractivity contribution in [1.29, 1.82) is 0 Å². The molecule has 0 aliphatic heterocycles. The molecule has 2 aromatic carbocycles. The maximum Gasteiger partial charge on any atom is 0.337 e. The molecule has 1 amide bonds. The summed E-state index contributed by atoms with van der Waals surface area (Å²) in [6, 6.07) is 9.61. The Morgan fingerprint density at radius 2 is 1.76 bits per heavy atom. The van der Waals surface area contributed by atoms with Gasteiger partial charge < -0.3 is 14.8 Å². The highest BCUT2D eigenvalue weighted by atomic mass is 19.2. The van der Waals surface area contributed by atoms with Crippen LogP contribution in [-0.4, -0.2) is 25.1 Å². The Hall–Kier alpha value is -2.96. The fourth-order valence-corrected chi connectivity index (χ4v) is 2.02. The van der Waals surface area contributed by atoms with Crippen LogP contribution in [-0.2, 0) is 16.1 Å². The molecule has 2 rings (SSSR count). The topological polar surface area (TPSA) is 64.6 Å². The average molecular weight is 349 g/mol. The molecule has 0 bridgehead atoms. The van der Waals surface area contributed by atoms with E-state index in [0.717, 1.165) is 17.7 Å². The second-order valence-corrected chi connectivity index (χ2v) is 5.24. The van der Waals surface area contributed by atoms with Gasteiger partial charge in [0.25, 0.3) is 5.91 Å². The van der Waals surface area contributed by atoms with Crippen LogP contribution in [0.4, 0.5) is 8.78 Å². The van der Waals surface area contributed by atoms with E-state index in [1.54, 1.807) is 24.3 Å². The number of nitrogens with one attached hydrogen (secondary N) is 1. The number of esters is 1. The molecule has 5 nitrogen and oxygen atoms in total. The number of methoxy groups -OCH3 is 1. The molecule has 0 aliphatic carbocycles. The summed E-state index contributed by atoms with van der Waals surface area (Å²) in [5, 5.41) is 2.66. The highest BCUT2D eigenvalue weighted by Gasteiger charge is 2.15. The van der Waals surface area contributed by atoms with Gasteiger partial charge in [0, 0.05) is 12.6 Å². The zero-order valence-corrected chi connectivity index (χ0v) is 13.7. The third kappa shape index (κ3) is 5.00. The molecule has 0 saturated heterocycles. The quantitative estimate of drug-likeness (QED) is 0.815. The van der Waals surface area contributed by atoms with Gasteiger partial charge in [0.2, 0.25) is 0 Å². The van der Waals surface area contributed by atoms with Gasteiger partial charge >= 0.3 is 5.97 Å². The van der Waals surface area contributed by atoms with Crippen molar-refractivity contribution in [2.75, 3.05) is 7.11 Å². The van der Waals surface area contributed by atoms with Gasteiger partial charge in [-0.2, -0.15) is 0 Å². The molecule has 0 saturated carbocycles. The van der Waals surface area contributed by atoms with Crippen molar-refractivity contribution < 1.29 is 27.8 Å². The van der Waals surface area contributed by atoms with E-state index in [1.807, 2.05) is 0 Å². The van der Waals surface area contributed by atoms with E-state index in [2.05, 4.69) is 10.1 Å². The van der Waals surface area contributed by atoms with Gasteiger partial charge in [0.15, 0.2) is 17.7 Å². The first kappa shape index (κ1) is 18.4. The Morgan fingerprint density at radius 1 is 1.08 bits per heavy atom. The first-order valence-corrected chi connectivity index (χ1v) is 7.47. The first-order chi connectivity index (χ1) is 11.9. The smallest absolute Gasteiger partial charge is 0.337 e. The fourth-order valence-electron chi connectivity index (χ4n) is 2.02. The van der Waals surface area contributed by atoms with Gasteiger partial charge in [-0.3, -0.25) is 4.79 Å². The third-order valence-electron chi connectivity index (χ3n) is 3.41. The lowest BCUT2D eigenvalue weighted by molar-refractivity contribution is -0.127. The number of hydrogen-bond acceptors (Lipinski definition) is 4. The molecule has 1 N–H and O–H groups in total. The Morgan fingerprint density at radius 3 is 2.36 bits per heavy atom. The van der Waals surface area contributed by atoms with Gasteiger partial charge in [-0.1, -0.05) is 12.1 Å². The number of halogens is 2. The molecule has 7 heteroatoms. The molecular weight excluding hydrogens is 332 g/mol. The molecule has 0 aromatic heterocycles. The van der Waals surface area contributed by atoms with E-state index in [0.29, 0.717) is 5.56 Å². The molecule has 132 valence electrons. The summed E-state index contributed by atoms with van der Waals surface area (Å²) in [4.78, 5) is 23.4. The van der Waals surface area contributed by atoms with E-state index in [-0.39, 0.29) is 12.3 Å². The van der Waals surface area contributed by atoms with E-state index in [1.165, 1.54) is 20.1 Å². The van der Waals surface area contributed by atoms with E-state index in [9.17, 15) is 18.4 Å². The Kier molecular flexibility index (Phi) is 6.05. The molecule has 0 aliphatic rings. The Balaban J connectivity index is 1.88. The zero-order chi connectivity index (χ0) is 18.4. The van der Waals surface area contributed by atoms with Crippen LogP contribution in [0.1, 0.15) is 22.8 Å². The van der Waals surface area contributed by atoms with E-state index in [4.69, 9.17) is 4.74 Å². The van der Waals surface area contributed by atoms with Crippen LogP contribution in [0.3, 0.4) is 0 Å². The molecule has 25 heavy (non-hydrogen) atoms. The summed E-state index contributed by atoms with van der Waals surface area (Å²) in [5.41, 5.74) is 1.19. The second-order valence-electron chi connectivity index (χ2n) is 5.24. The third-order valence-corrected chi connectivity index (χ3v) is 3.41. The van der Waals surface area contributed by atoms with Crippen molar-refractivity contribution in [2.24, 2.45) is 0 Å². The molecular formula is C18H17F2NO4. The highest BCUT2D eigenvalue weighted by Crippen LogP contribution is 2.16. The summed E-state index contributed by atoms with van der Waals surface area (Å²) in [6.07, 6.45) is -0.890. The number of ether oxygens (including phenoxy) is 2. The number of amides is 1. The molecule has 2 aromatic rings. The van der Waals surface area contributed by atoms with E-state index < -0.39 is 29.6 Å². The Labute approximate surface area is 143 Å². The van der Waals surface area contributed by atoms with Gasteiger partial charge in [0.1, 0.15) is 5.75 Å². The maximum absolute atomic E-state index is 13.1. The van der Waals surface area contributed by atoms with Crippen LogP contribution in [0, 0.1) is 11.6 Å².